The average Bonchev–Trinajstić information content (AvgIpc) is 2.83. The molecule has 1 aromatic carbocycles. The first-order valence-corrected chi connectivity index (χ1v) is 6.47. The van der Waals surface area contributed by atoms with Crippen LogP contribution in [0.1, 0.15) is 19.3 Å². The molecule has 1 aromatic rings. The Morgan fingerprint density at radius 1 is 1.35 bits per heavy atom. The van der Waals surface area contributed by atoms with Crippen molar-refractivity contribution >= 4 is 23.0 Å². The minimum absolute atomic E-state index is 0.419. The van der Waals surface area contributed by atoms with Gasteiger partial charge in [-0.15, -0.1) is 0 Å². The van der Waals surface area contributed by atoms with E-state index in [1.54, 1.807) is 0 Å². The smallest absolute Gasteiger partial charge is 0.170 e. The van der Waals surface area contributed by atoms with E-state index < -0.39 is 0 Å². The second-order valence-corrected chi connectivity index (χ2v) is 4.58. The van der Waals surface area contributed by atoms with Crippen LogP contribution in [0.25, 0.3) is 0 Å². The van der Waals surface area contributed by atoms with E-state index in [1.807, 2.05) is 30.3 Å². The van der Waals surface area contributed by atoms with Gasteiger partial charge >= 0.3 is 0 Å². The van der Waals surface area contributed by atoms with Crippen molar-refractivity contribution in [3.8, 4) is 0 Å². The summed E-state index contributed by atoms with van der Waals surface area (Å²) in [5, 5.41) is 7.02. The minimum Gasteiger partial charge on any atom is -0.378 e. The molecule has 0 amide bonds. The second kappa shape index (κ2) is 6.57. The summed E-state index contributed by atoms with van der Waals surface area (Å²) in [6.45, 7) is 1.78. The van der Waals surface area contributed by atoms with Crippen LogP contribution in [-0.2, 0) is 4.74 Å². The van der Waals surface area contributed by atoms with Crippen molar-refractivity contribution in [1.29, 1.82) is 0 Å². The van der Waals surface area contributed by atoms with E-state index in [0.29, 0.717) is 11.2 Å². The summed E-state index contributed by atoms with van der Waals surface area (Å²) in [7, 11) is 0. The van der Waals surface area contributed by atoms with E-state index in [9.17, 15) is 0 Å². The zero-order valence-electron chi connectivity index (χ0n) is 9.82. The van der Waals surface area contributed by atoms with Crippen molar-refractivity contribution in [3.05, 3.63) is 30.3 Å². The van der Waals surface area contributed by atoms with Crippen LogP contribution in [0.2, 0.25) is 0 Å². The molecule has 0 radical (unpaired) electrons. The van der Waals surface area contributed by atoms with Gasteiger partial charge in [0.2, 0.25) is 0 Å². The molecule has 0 aliphatic carbocycles. The summed E-state index contributed by atoms with van der Waals surface area (Å²) in [5.41, 5.74) is 1.02. The first-order chi connectivity index (χ1) is 8.34. The van der Waals surface area contributed by atoms with Gasteiger partial charge in [-0.05, 0) is 43.6 Å². The van der Waals surface area contributed by atoms with Gasteiger partial charge in [0.1, 0.15) is 0 Å². The summed E-state index contributed by atoms with van der Waals surface area (Å²) in [4.78, 5) is 0. The Labute approximate surface area is 108 Å². The van der Waals surface area contributed by atoms with Crippen LogP contribution in [-0.4, -0.2) is 24.4 Å². The van der Waals surface area contributed by atoms with Gasteiger partial charge in [0.15, 0.2) is 5.11 Å². The fourth-order valence-electron chi connectivity index (χ4n) is 1.92. The number of anilines is 1. The van der Waals surface area contributed by atoms with E-state index in [0.717, 1.165) is 25.3 Å². The first-order valence-electron chi connectivity index (χ1n) is 6.06. The van der Waals surface area contributed by atoms with E-state index in [1.165, 1.54) is 12.8 Å². The average molecular weight is 250 g/mol. The third kappa shape index (κ3) is 4.32. The van der Waals surface area contributed by atoms with Gasteiger partial charge in [-0.3, -0.25) is 0 Å². The molecule has 1 fully saturated rings. The third-order valence-corrected chi connectivity index (χ3v) is 3.05. The Hall–Kier alpha value is -1.13. The molecule has 92 valence electrons. The molecular weight excluding hydrogens is 232 g/mol. The Morgan fingerprint density at radius 3 is 2.88 bits per heavy atom. The molecule has 1 aliphatic rings. The Morgan fingerprint density at radius 2 is 2.18 bits per heavy atom. The number of hydrogen-bond donors (Lipinski definition) is 2. The zero-order chi connectivity index (χ0) is 11.9. The number of benzene rings is 1. The highest BCUT2D eigenvalue weighted by molar-refractivity contribution is 7.80. The molecule has 0 bridgehead atoms. The molecule has 1 aliphatic heterocycles. The molecule has 3 nitrogen and oxygen atoms in total. The summed E-state index contributed by atoms with van der Waals surface area (Å²) in [5.74, 6) is 0. The van der Waals surface area contributed by atoms with Crippen LogP contribution < -0.4 is 10.6 Å². The fraction of sp³-hybridized carbons (Fsp3) is 0.462. The summed E-state index contributed by atoms with van der Waals surface area (Å²) in [6.07, 6.45) is 3.82. The number of para-hydroxylation sites is 1. The lowest BCUT2D eigenvalue weighted by molar-refractivity contribution is 0.105. The molecule has 2 rings (SSSR count). The van der Waals surface area contributed by atoms with Crippen molar-refractivity contribution in [1.82, 2.24) is 5.32 Å². The van der Waals surface area contributed by atoms with Gasteiger partial charge in [-0.2, -0.15) is 0 Å². The maximum Gasteiger partial charge on any atom is 0.170 e. The van der Waals surface area contributed by atoms with Crippen LogP contribution in [0.5, 0.6) is 0 Å². The molecule has 0 spiro atoms. The Bertz CT molecular complexity index is 350. The predicted octanol–water partition coefficient (Wildman–Crippen LogP) is 2.54. The van der Waals surface area contributed by atoms with Crippen molar-refractivity contribution in [2.75, 3.05) is 18.5 Å². The Kier molecular flexibility index (Phi) is 4.76. The molecule has 2 N–H and O–H groups in total. The van der Waals surface area contributed by atoms with Crippen LogP contribution in [0.15, 0.2) is 30.3 Å². The standard InChI is InChI=1S/C13H18N2OS/c17-13(15-11-5-2-1-3-6-11)14-9-8-12-7-4-10-16-12/h1-3,5-6,12H,4,7-10H2,(H2,14,15,17). The van der Waals surface area contributed by atoms with E-state index >= 15 is 0 Å². The van der Waals surface area contributed by atoms with E-state index in [-0.39, 0.29) is 0 Å². The Balaban J connectivity index is 1.64. The van der Waals surface area contributed by atoms with Gasteiger partial charge < -0.3 is 15.4 Å². The normalized spacial score (nSPS) is 18.9. The van der Waals surface area contributed by atoms with Crippen molar-refractivity contribution in [2.45, 2.75) is 25.4 Å². The molecule has 1 heterocycles. The molecule has 0 saturated carbocycles. The van der Waals surface area contributed by atoms with Gasteiger partial charge in [0, 0.05) is 18.8 Å². The molecular formula is C13H18N2OS. The largest absolute Gasteiger partial charge is 0.378 e. The van der Waals surface area contributed by atoms with Crippen LogP contribution >= 0.6 is 12.2 Å². The fourth-order valence-corrected chi connectivity index (χ4v) is 2.14. The maximum absolute atomic E-state index is 5.55. The molecule has 0 aromatic heterocycles. The van der Waals surface area contributed by atoms with Gasteiger partial charge in [-0.25, -0.2) is 0 Å². The van der Waals surface area contributed by atoms with Crippen LogP contribution in [0.4, 0.5) is 5.69 Å². The van der Waals surface area contributed by atoms with E-state index in [2.05, 4.69) is 10.6 Å². The first kappa shape index (κ1) is 12.3. The van der Waals surface area contributed by atoms with Gasteiger partial charge in [-0.1, -0.05) is 18.2 Å². The molecule has 1 saturated heterocycles. The van der Waals surface area contributed by atoms with Gasteiger partial charge in [0.05, 0.1) is 6.10 Å². The topological polar surface area (TPSA) is 33.3 Å². The number of rotatable bonds is 4. The van der Waals surface area contributed by atoms with Crippen molar-refractivity contribution < 1.29 is 4.74 Å². The predicted molar refractivity (Wildman–Crippen MR) is 74.3 cm³/mol. The van der Waals surface area contributed by atoms with Gasteiger partial charge in [0.25, 0.3) is 0 Å². The summed E-state index contributed by atoms with van der Waals surface area (Å²) in [6, 6.07) is 9.94. The summed E-state index contributed by atoms with van der Waals surface area (Å²) >= 11 is 5.21. The SMILES string of the molecule is S=C(NCCC1CCCO1)Nc1ccccc1. The quantitative estimate of drug-likeness (QED) is 0.805. The number of thiocarbonyl (C=S) groups is 1. The lowest BCUT2D eigenvalue weighted by Crippen LogP contribution is -2.30. The lowest BCUT2D eigenvalue weighted by Gasteiger charge is -2.12. The maximum atomic E-state index is 5.55. The summed E-state index contributed by atoms with van der Waals surface area (Å²) < 4.78 is 5.55. The minimum atomic E-state index is 0.419. The molecule has 17 heavy (non-hydrogen) atoms. The van der Waals surface area contributed by atoms with Crippen molar-refractivity contribution in [2.24, 2.45) is 0 Å². The van der Waals surface area contributed by atoms with Crippen LogP contribution in [0.3, 0.4) is 0 Å². The monoisotopic (exact) mass is 250 g/mol. The second-order valence-electron chi connectivity index (χ2n) is 4.17. The zero-order valence-corrected chi connectivity index (χ0v) is 10.6. The molecule has 4 heteroatoms. The van der Waals surface area contributed by atoms with Crippen LogP contribution in [0, 0.1) is 0 Å². The molecule has 1 unspecified atom stereocenters. The molecule has 1 atom stereocenters. The number of ether oxygens (including phenoxy) is 1. The lowest BCUT2D eigenvalue weighted by atomic mass is 10.2. The number of hydrogen-bond acceptors (Lipinski definition) is 2. The number of nitrogens with one attached hydrogen (secondary N) is 2. The highest BCUT2D eigenvalue weighted by atomic mass is 32.1. The highest BCUT2D eigenvalue weighted by Crippen LogP contribution is 2.14. The van der Waals surface area contributed by atoms with E-state index in [4.69, 9.17) is 17.0 Å². The third-order valence-electron chi connectivity index (χ3n) is 2.81. The van der Waals surface area contributed by atoms with Crippen molar-refractivity contribution in [3.63, 3.8) is 0 Å². The highest BCUT2D eigenvalue weighted by Gasteiger charge is 2.14.